The summed E-state index contributed by atoms with van der Waals surface area (Å²) in [6.07, 6.45) is 5.51. The first kappa shape index (κ1) is 22.1. The fraction of sp³-hybridized carbons (Fsp3) is 0.333. The maximum Gasteiger partial charge on any atom is 0.166 e. The predicted octanol–water partition coefficient (Wildman–Crippen LogP) is 7.85. The zero-order valence-electron chi connectivity index (χ0n) is 17.8. The Morgan fingerprint density at radius 3 is 1.97 bits per heavy atom. The summed E-state index contributed by atoms with van der Waals surface area (Å²) in [5.74, 6) is -1.68. The first-order valence-electron chi connectivity index (χ1n) is 10.9. The zero-order valence-corrected chi connectivity index (χ0v) is 17.8. The van der Waals surface area contributed by atoms with Crippen molar-refractivity contribution in [3.8, 4) is 11.1 Å². The van der Waals surface area contributed by atoms with E-state index in [0.717, 1.165) is 36.8 Å². The third-order valence-corrected chi connectivity index (χ3v) is 5.57. The van der Waals surface area contributed by atoms with Gasteiger partial charge in [-0.1, -0.05) is 75.2 Å². The molecule has 0 unspecified atom stereocenters. The molecule has 0 amide bonds. The van der Waals surface area contributed by atoms with E-state index in [-0.39, 0.29) is 11.4 Å². The second kappa shape index (κ2) is 10.5. The second-order valence-electron chi connectivity index (χ2n) is 7.88. The first-order chi connectivity index (χ1) is 14.5. The molecule has 3 rings (SSSR count). The summed E-state index contributed by atoms with van der Waals surface area (Å²) in [6.45, 7) is 4.11. The minimum Gasteiger partial charge on any atom is -0.207 e. The largest absolute Gasteiger partial charge is 0.207 e. The van der Waals surface area contributed by atoms with Crippen LogP contribution in [0.15, 0.2) is 54.6 Å². The molecule has 0 radical (unpaired) electrons. The average Bonchev–Trinajstić information content (AvgIpc) is 2.75. The molecule has 3 aromatic rings. The van der Waals surface area contributed by atoms with Crippen LogP contribution in [0.2, 0.25) is 0 Å². The number of hydrogen-bond donors (Lipinski definition) is 0. The van der Waals surface area contributed by atoms with Gasteiger partial charge >= 0.3 is 0 Å². The van der Waals surface area contributed by atoms with Crippen LogP contribution in [-0.4, -0.2) is 0 Å². The van der Waals surface area contributed by atoms with Crippen LogP contribution >= 0.6 is 0 Å². The van der Waals surface area contributed by atoms with Crippen LogP contribution in [0.25, 0.3) is 11.1 Å². The highest BCUT2D eigenvalue weighted by Crippen LogP contribution is 2.28. The van der Waals surface area contributed by atoms with Crippen molar-refractivity contribution in [2.24, 2.45) is 0 Å². The molecule has 0 aliphatic carbocycles. The number of halogens is 3. The van der Waals surface area contributed by atoms with Crippen molar-refractivity contribution in [3.05, 3.63) is 94.3 Å². The lowest BCUT2D eigenvalue weighted by Gasteiger charge is -2.10. The molecule has 0 spiro atoms. The van der Waals surface area contributed by atoms with Gasteiger partial charge in [0, 0.05) is 5.56 Å². The van der Waals surface area contributed by atoms with Crippen molar-refractivity contribution in [2.45, 2.75) is 58.8 Å². The molecule has 3 heteroatoms. The van der Waals surface area contributed by atoms with Crippen LogP contribution < -0.4 is 0 Å². The molecule has 0 bridgehead atoms. The highest BCUT2D eigenvalue weighted by molar-refractivity contribution is 5.65. The summed E-state index contributed by atoms with van der Waals surface area (Å²) in [5, 5.41) is 0. The maximum atomic E-state index is 14.6. The monoisotopic (exact) mass is 410 g/mol. The van der Waals surface area contributed by atoms with Gasteiger partial charge in [-0.2, -0.15) is 0 Å². The predicted molar refractivity (Wildman–Crippen MR) is 118 cm³/mol. The highest BCUT2D eigenvalue weighted by Gasteiger charge is 2.14. The Balaban J connectivity index is 1.69. The van der Waals surface area contributed by atoms with Crippen LogP contribution in [0.5, 0.6) is 0 Å². The number of rotatable bonds is 9. The summed E-state index contributed by atoms with van der Waals surface area (Å²) in [6, 6.07) is 16.2. The lowest BCUT2D eigenvalue weighted by Crippen LogP contribution is -1.98. The van der Waals surface area contributed by atoms with Crippen molar-refractivity contribution in [1.29, 1.82) is 0 Å². The van der Waals surface area contributed by atoms with Gasteiger partial charge in [-0.3, -0.25) is 0 Å². The number of hydrogen-bond acceptors (Lipinski definition) is 0. The average molecular weight is 411 g/mol. The normalized spacial score (nSPS) is 11.1. The van der Waals surface area contributed by atoms with E-state index in [1.165, 1.54) is 0 Å². The van der Waals surface area contributed by atoms with Crippen LogP contribution in [0, 0.1) is 17.5 Å². The zero-order chi connectivity index (χ0) is 21.5. The van der Waals surface area contributed by atoms with Crippen molar-refractivity contribution in [2.75, 3.05) is 0 Å². The molecule has 0 saturated carbocycles. The number of unbranched alkanes of at least 4 members (excludes halogenated alkanes) is 1. The first-order valence-corrected chi connectivity index (χ1v) is 10.9. The number of aryl methyl sites for hydroxylation is 4. The molecule has 0 aliphatic heterocycles. The van der Waals surface area contributed by atoms with E-state index in [2.05, 4.69) is 6.92 Å². The summed E-state index contributed by atoms with van der Waals surface area (Å²) >= 11 is 0. The Morgan fingerprint density at radius 1 is 0.600 bits per heavy atom. The Hall–Kier alpha value is -2.55. The molecular formula is C27H29F3. The highest BCUT2D eigenvalue weighted by atomic mass is 19.2. The second-order valence-corrected chi connectivity index (χ2v) is 7.88. The molecule has 0 heterocycles. The minimum absolute atomic E-state index is 0.154. The Morgan fingerprint density at radius 2 is 1.30 bits per heavy atom. The van der Waals surface area contributed by atoms with E-state index >= 15 is 0 Å². The van der Waals surface area contributed by atoms with Gasteiger partial charge in [0.2, 0.25) is 0 Å². The Labute approximate surface area is 177 Å². The van der Waals surface area contributed by atoms with Gasteiger partial charge in [-0.25, -0.2) is 13.2 Å². The fourth-order valence-electron chi connectivity index (χ4n) is 3.74. The lowest BCUT2D eigenvalue weighted by atomic mass is 9.97. The fourth-order valence-corrected chi connectivity index (χ4v) is 3.74. The van der Waals surface area contributed by atoms with E-state index in [9.17, 15) is 13.2 Å². The summed E-state index contributed by atoms with van der Waals surface area (Å²) < 4.78 is 43.2. The van der Waals surface area contributed by atoms with Gasteiger partial charge in [-0.15, -0.1) is 0 Å². The molecule has 0 saturated heterocycles. The molecular weight excluding hydrogens is 381 g/mol. The summed E-state index contributed by atoms with van der Waals surface area (Å²) in [5.41, 5.74) is 4.12. The van der Waals surface area contributed by atoms with Crippen molar-refractivity contribution in [3.63, 3.8) is 0 Å². The molecule has 0 atom stereocenters. The lowest BCUT2D eigenvalue weighted by molar-refractivity contribution is 0.499. The van der Waals surface area contributed by atoms with Gasteiger partial charge in [0.25, 0.3) is 0 Å². The van der Waals surface area contributed by atoms with Crippen LogP contribution in [0.4, 0.5) is 13.2 Å². The Kier molecular flexibility index (Phi) is 7.73. The van der Waals surface area contributed by atoms with E-state index < -0.39 is 11.6 Å². The van der Waals surface area contributed by atoms with E-state index in [4.69, 9.17) is 0 Å². The van der Waals surface area contributed by atoms with E-state index in [0.29, 0.717) is 36.0 Å². The number of benzene rings is 3. The molecule has 0 nitrogen and oxygen atoms in total. The molecule has 0 aliphatic rings. The molecule has 3 aromatic carbocycles. The van der Waals surface area contributed by atoms with Crippen molar-refractivity contribution >= 4 is 0 Å². The van der Waals surface area contributed by atoms with Crippen LogP contribution in [-0.2, 0) is 25.7 Å². The molecule has 0 aromatic heterocycles. The van der Waals surface area contributed by atoms with Gasteiger partial charge < -0.3 is 0 Å². The third-order valence-electron chi connectivity index (χ3n) is 5.57. The van der Waals surface area contributed by atoms with Gasteiger partial charge in [0.05, 0.1) is 0 Å². The minimum atomic E-state index is -0.786. The summed E-state index contributed by atoms with van der Waals surface area (Å²) in [4.78, 5) is 0. The Bertz CT molecular complexity index is 974. The quantitative estimate of drug-likeness (QED) is 0.337. The standard InChI is InChI=1S/C27H29F3/c1-3-5-7-23-16-17-24(27(30)26(23)29)21-12-8-19(9-13-21)10-14-22-15-11-20(6-4-2)18-25(22)28/h8-9,11-13,15-18H,3-7,10,14H2,1-2H3. The van der Waals surface area contributed by atoms with Gasteiger partial charge in [0.15, 0.2) is 11.6 Å². The summed E-state index contributed by atoms with van der Waals surface area (Å²) in [7, 11) is 0. The van der Waals surface area contributed by atoms with Crippen molar-refractivity contribution in [1.82, 2.24) is 0 Å². The molecule has 0 N–H and O–H groups in total. The van der Waals surface area contributed by atoms with Crippen molar-refractivity contribution < 1.29 is 13.2 Å². The van der Waals surface area contributed by atoms with E-state index in [1.54, 1.807) is 30.3 Å². The molecule has 30 heavy (non-hydrogen) atoms. The van der Waals surface area contributed by atoms with Gasteiger partial charge in [0.1, 0.15) is 5.82 Å². The smallest absolute Gasteiger partial charge is 0.166 e. The SMILES string of the molecule is CCCCc1ccc(-c2ccc(CCc3ccc(CCC)cc3F)cc2)c(F)c1F. The van der Waals surface area contributed by atoms with Crippen LogP contribution in [0.1, 0.15) is 55.4 Å². The topological polar surface area (TPSA) is 0 Å². The maximum absolute atomic E-state index is 14.6. The molecule has 158 valence electrons. The van der Waals surface area contributed by atoms with E-state index in [1.807, 2.05) is 31.2 Å². The van der Waals surface area contributed by atoms with Gasteiger partial charge in [-0.05, 0) is 66.0 Å². The van der Waals surface area contributed by atoms with Crippen LogP contribution in [0.3, 0.4) is 0 Å². The molecule has 0 fully saturated rings. The third kappa shape index (κ3) is 5.33.